The van der Waals surface area contributed by atoms with E-state index in [1.54, 1.807) is 0 Å². The van der Waals surface area contributed by atoms with E-state index in [0.717, 1.165) is 0 Å². The van der Waals surface area contributed by atoms with Crippen molar-refractivity contribution in [2.75, 3.05) is 0 Å². The van der Waals surface area contributed by atoms with Gasteiger partial charge in [-0.1, -0.05) is 44.0 Å². The molecule has 1 nitrogen and oxygen atoms in total. The second-order valence-corrected chi connectivity index (χ2v) is 8.16. The molecule has 0 aromatic heterocycles. The first-order valence-electron chi connectivity index (χ1n) is 3.78. The zero-order valence-electron chi connectivity index (χ0n) is 7.81. The third kappa shape index (κ3) is 7.15. The van der Waals surface area contributed by atoms with Crippen molar-refractivity contribution in [3.05, 3.63) is 12.7 Å². The summed E-state index contributed by atoms with van der Waals surface area (Å²) in [5.74, 6) is 7.81. The van der Waals surface area contributed by atoms with Crippen LogP contribution >= 0.6 is 0 Å². The SMILES string of the molecule is C=CC#CC(O)C#C[Si](C)(C)C. The lowest BCUT2D eigenvalue weighted by molar-refractivity contribution is 0.290. The van der Waals surface area contributed by atoms with E-state index in [0.29, 0.717) is 0 Å². The number of aliphatic hydroxyl groups excluding tert-OH is 1. The van der Waals surface area contributed by atoms with Gasteiger partial charge in [-0.05, 0) is 6.08 Å². The van der Waals surface area contributed by atoms with E-state index in [1.165, 1.54) is 6.08 Å². The molecule has 0 fully saturated rings. The first-order valence-corrected chi connectivity index (χ1v) is 7.28. The molecule has 64 valence electrons. The second-order valence-electron chi connectivity index (χ2n) is 3.41. The Balaban J connectivity index is 4.23. The number of rotatable bonds is 0. The van der Waals surface area contributed by atoms with Crippen molar-refractivity contribution < 1.29 is 5.11 Å². The Morgan fingerprint density at radius 2 is 1.92 bits per heavy atom. The van der Waals surface area contributed by atoms with Gasteiger partial charge in [0.05, 0.1) is 0 Å². The van der Waals surface area contributed by atoms with Crippen LogP contribution in [0, 0.1) is 23.3 Å². The molecule has 0 amide bonds. The molecule has 1 atom stereocenters. The van der Waals surface area contributed by atoms with Gasteiger partial charge in [0.1, 0.15) is 8.07 Å². The fourth-order valence-corrected chi connectivity index (χ4v) is 1.03. The Morgan fingerprint density at radius 3 is 2.33 bits per heavy atom. The minimum Gasteiger partial charge on any atom is -0.369 e. The minimum absolute atomic E-state index is 0.824. The Labute approximate surface area is 75.5 Å². The molecule has 0 rings (SSSR count). The maximum absolute atomic E-state index is 9.17. The van der Waals surface area contributed by atoms with Crippen LogP contribution < -0.4 is 0 Å². The third-order valence-corrected chi connectivity index (χ3v) is 1.80. The maximum atomic E-state index is 9.17. The van der Waals surface area contributed by atoms with Crippen molar-refractivity contribution in [1.82, 2.24) is 0 Å². The van der Waals surface area contributed by atoms with Crippen molar-refractivity contribution >= 4 is 8.07 Å². The molecule has 0 aromatic rings. The highest BCUT2D eigenvalue weighted by atomic mass is 28.3. The van der Waals surface area contributed by atoms with Crippen LogP contribution in [0.15, 0.2) is 12.7 Å². The fourth-order valence-electron chi connectivity index (χ4n) is 0.459. The number of allylic oxidation sites excluding steroid dienone is 1. The van der Waals surface area contributed by atoms with Crippen LogP contribution in [0.1, 0.15) is 0 Å². The Hall–Kier alpha value is -0.963. The first-order chi connectivity index (χ1) is 5.45. The molecule has 1 unspecified atom stereocenters. The molecule has 0 radical (unpaired) electrons. The van der Waals surface area contributed by atoms with Crippen LogP contribution in [-0.4, -0.2) is 19.3 Å². The summed E-state index contributed by atoms with van der Waals surface area (Å²) >= 11 is 0. The number of aliphatic hydroxyl groups is 1. The molecule has 0 aromatic carbocycles. The molecule has 0 heterocycles. The van der Waals surface area contributed by atoms with Gasteiger partial charge in [0.15, 0.2) is 6.10 Å². The van der Waals surface area contributed by atoms with Crippen molar-refractivity contribution in [2.45, 2.75) is 25.7 Å². The molecule has 0 aliphatic rings. The molecule has 0 bridgehead atoms. The van der Waals surface area contributed by atoms with Gasteiger partial charge in [0, 0.05) is 0 Å². The normalized spacial score (nSPS) is 11.7. The van der Waals surface area contributed by atoms with Crippen LogP contribution in [0.25, 0.3) is 0 Å². The largest absolute Gasteiger partial charge is 0.369 e. The average Bonchev–Trinajstić information content (AvgIpc) is 1.95. The van der Waals surface area contributed by atoms with Gasteiger partial charge >= 0.3 is 0 Å². The summed E-state index contributed by atoms with van der Waals surface area (Å²) in [5.41, 5.74) is 3.03. The molecule has 0 saturated heterocycles. The average molecular weight is 178 g/mol. The van der Waals surface area contributed by atoms with E-state index in [2.05, 4.69) is 49.5 Å². The van der Waals surface area contributed by atoms with Gasteiger partial charge in [0.25, 0.3) is 0 Å². The lowest BCUT2D eigenvalue weighted by Gasteiger charge is -2.03. The van der Waals surface area contributed by atoms with Crippen LogP contribution in [0.2, 0.25) is 19.6 Å². The van der Waals surface area contributed by atoms with Gasteiger partial charge in [-0.25, -0.2) is 0 Å². The Kier molecular flexibility index (Phi) is 4.44. The van der Waals surface area contributed by atoms with Crippen LogP contribution in [-0.2, 0) is 0 Å². The number of hydrogen-bond acceptors (Lipinski definition) is 1. The van der Waals surface area contributed by atoms with Crippen molar-refractivity contribution in [1.29, 1.82) is 0 Å². The summed E-state index contributed by atoms with van der Waals surface area (Å²) < 4.78 is 0. The zero-order valence-corrected chi connectivity index (χ0v) is 8.81. The predicted molar refractivity (Wildman–Crippen MR) is 55.1 cm³/mol. The zero-order chi connectivity index (χ0) is 9.61. The molecular weight excluding hydrogens is 164 g/mol. The van der Waals surface area contributed by atoms with Crippen LogP contribution in [0.4, 0.5) is 0 Å². The molecule has 0 aliphatic carbocycles. The van der Waals surface area contributed by atoms with Crippen molar-refractivity contribution in [3.63, 3.8) is 0 Å². The first kappa shape index (κ1) is 11.0. The standard InChI is InChI=1S/C10H14OSi/c1-5-6-7-10(11)8-9-12(2,3)4/h5,10-11H,1H2,2-4H3. The molecule has 2 heteroatoms. The number of hydrogen-bond donors (Lipinski definition) is 1. The molecule has 1 N–H and O–H groups in total. The van der Waals surface area contributed by atoms with Crippen LogP contribution in [0.5, 0.6) is 0 Å². The van der Waals surface area contributed by atoms with E-state index >= 15 is 0 Å². The summed E-state index contributed by atoms with van der Waals surface area (Å²) in [6.45, 7) is 9.77. The predicted octanol–water partition coefficient (Wildman–Crippen LogP) is 1.42. The van der Waals surface area contributed by atoms with E-state index in [-0.39, 0.29) is 0 Å². The molecule has 0 saturated carbocycles. The molecule has 0 spiro atoms. The van der Waals surface area contributed by atoms with Gasteiger partial charge in [0.2, 0.25) is 0 Å². The highest BCUT2D eigenvalue weighted by molar-refractivity contribution is 6.83. The highest BCUT2D eigenvalue weighted by Gasteiger charge is 2.07. The Bertz CT molecular complexity index is 264. The minimum atomic E-state index is -1.37. The fraction of sp³-hybridized carbons (Fsp3) is 0.400. The van der Waals surface area contributed by atoms with Crippen molar-refractivity contribution in [2.24, 2.45) is 0 Å². The summed E-state index contributed by atoms with van der Waals surface area (Å²) in [7, 11) is -1.37. The van der Waals surface area contributed by atoms with Gasteiger partial charge in [-0.15, -0.1) is 5.54 Å². The summed E-state index contributed by atoms with van der Waals surface area (Å²) in [6, 6.07) is 0. The highest BCUT2D eigenvalue weighted by Crippen LogP contribution is 1.96. The van der Waals surface area contributed by atoms with E-state index in [9.17, 15) is 5.11 Å². The smallest absolute Gasteiger partial charge is 0.176 e. The summed E-state index contributed by atoms with van der Waals surface area (Å²) in [4.78, 5) is 0. The molecular formula is C10H14OSi. The summed E-state index contributed by atoms with van der Waals surface area (Å²) in [5, 5.41) is 9.17. The van der Waals surface area contributed by atoms with Gasteiger partial charge in [-0.2, -0.15) is 0 Å². The maximum Gasteiger partial charge on any atom is 0.176 e. The lowest BCUT2D eigenvalue weighted by atomic mass is 10.4. The monoisotopic (exact) mass is 178 g/mol. The third-order valence-electron chi connectivity index (χ3n) is 0.906. The van der Waals surface area contributed by atoms with E-state index in [1.807, 2.05) is 0 Å². The van der Waals surface area contributed by atoms with E-state index in [4.69, 9.17) is 0 Å². The van der Waals surface area contributed by atoms with Gasteiger partial charge < -0.3 is 5.11 Å². The lowest BCUT2D eigenvalue weighted by Crippen LogP contribution is -2.17. The second kappa shape index (κ2) is 4.82. The van der Waals surface area contributed by atoms with Gasteiger partial charge in [-0.3, -0.25) is 0 Å². The van der Waals surface area contributed by atoms with E-state index < -0.39 is 14.2 Å². The molecule has 0 aliphatic heterocycles. The summed E-state index contributed by atoms with van der Waals surface area (Å²) in [6.07, 6.45) is 0.620. The quantitative estimate of drug-likeness (QED) is 0.439. The Morgan fingerprint density at radius 1 is 1.33 bits per heavy atom. The van der Waals surface area contributed by atoms with Crippen LogP contribution in [0.3, 0.4) is 0 Å². The topological polar surface area (TPSA) is 20.2 Å². The molecule has 12 heavy (non-hydrogen) atoms. The van der Waals surface area contributed by atoms with Crippen molar-refractivity contribution in [3.8, 4) is 23.3 Å².